The SMILES string of the molecule is CC(C)(C)C[N+]1(C)CCc2c(sc(NC(=O)Nc3ccc(Cl)cc3)c2C(N)=O)C1.[I-]. The molecule has 2 heterocycles. The second-order valence-electron chi connectivity index (χ2n) is 9.13. The Balaban J connectivity index is 0.00000320. The van der Waals surface area contributed by atoms with E-state index < -0.39 is 11.9 Å². The minimum Gasteiger partial charge on any atom is -1.00 e. The number of hydrogen-bond acceptors (Lipinski definition) is 3. The molecule has 164 valence electrons. The van der Waals surface area contributed by atoms with E-state index in [2.05, 4.69) is 38.5 Å². The van der Waals surface area contributed by atoms with E-state index in [4.69, 9.17) is 17.3 Å². The molecule has 9 heteroatoms. The van der Waals surface area contributed by atoms with Gasteiger partial charge in [-0.1, -0.05) is 32.4 Å². The predicted octanol–water partition coefficient (Wildman–Crippen LogP) is 1.70. The molecule has 1 aromatic heterocycles. The average molecular weight is 563 g/mol. The van der Waals surface area contributed by atoms with Gasteiger partial charge < -0.3 is 39.5 Å². The number of fused-ring (bicyclic) bond motifs is 1. The summed E-state index contributed by atoms with van der Waals surface area (Å²) >= 11 is 7.33. The lowest BCUT2D eigenvalue weighted by Crippen LogP contribution is -3.00. The van der Waals surface area contributed by atoms with Gasteiger partial charge in [0.1, 0.15) is 11.5 Å². The number of nitrogens with one attached hydrogen (secondary N) is 2. The van der Waals surface area contributed by atoms with E-state index in [0.29, 0.717) is 21.3 Å². The Morgan fingerprint density at radius 1 is 1.20 bits per heavy atom. The maximum Gasteiger partial charge on any atom is 0.324 e. The highest BCUT2D eigenvalue weighted by atomic mass is 127. The number of amides is 3. The first-order chi connectivity index (χ1) is 13.5. The van der Waals surface area contributed by atoms with Crippen LogP contribution in [0.1, 0.15) is 41.6 Å². The van der Waals surface area contributed by atoms with Crippen LogP contribution in [0.3, 0.4) is 0 Å². The maximum atomic E-state index is 12.5. The van der Waals surface area contributed by atoms with Crippen LogP contribution in [-0.2, 0) is 13.0 Å². The van der Waals surface area contributed by atoms with Crippen molar-refractivity contribution in [3.8, 4) is 0 Å². The molecular formula is C21H28ClIN4O2S. The van der Waals surface area contributed by atoms with Crippen LogP contribution in [0, 0.1) is 5.41 Å². The molecule has 1 atom stereocenters. The van der Waals surface area contributed by atoms with Gasteiger partial charge in [0.05, 0.1) is 30.6 Å². The maximum absolute atomic E-state index is 12.5. The lowest BCUT2D eigenvalue weighted by atomic mass is 9.92. The fraction of sp³-hybridized carbons (Fsp3) is 0.429. The zero-order valence-corrected chi connectivity index (χ0v) is 21.4. The minimum absolute atomic E-state index is 0. The van der Waals surface area contributed by atoms with E-state index in [0.717, 1.165) is 41.0 Å². The quantitative estimate of drug-likeness (QED) is 0.392. The van der Waals surface area contributed by atoms with Crippen LogP contribution in [-0.4, -0.2) is 36.6 Å². The first-order valence-corrected chi connectivity index (χ1v) is 10.8. The number of likely N-dealkylation sites (N-methyl/N-ethyl adjacent to an activating group) is 1. The molecule has 1 aliphatic rings. The molecule has 3 amide bonds. The van der Waals surface area contributed by atoms with Crippen molar-refractivity contribution in [2.24, 2.45) is 11.1 Å². The Morgan fingerprint density at radius 2 is 1.83 bits per heavy atom. The Morgan fingerprint density at radius 3 is 2.40 bits per heavy atom. The van der Waals surface area contributed by atoms with Crippen LogP contribution in [0.5, 0.6) is 0 Å². The summed E-state index contributed by atoms with van der Waals surface area (Å²) in [5.74, 6) is -0.504. The summed E-state index contributed by atoms with van der Waals surface area (Å²) in [6, 6.07) is 6.41. The second kappa shape index (κ2) is 9.42. The van der Waals surface area contributed by atoms with Gasteiger partial charge in [-0.25, -0.2) is 4.79 Å². The smallest absolute Gasteiger partial charge is 0.324 e. The molecule has 30 heavy (non-hydrogen) atoms. The molecule has 0 fully saturated rings. The summed E-state index contributed by atoms with van der Waals surface area (Å²) in [7, 11) is 2.25. The molecule has 4 N–H and O–H groups in total. The molecule has 3 rings (SSSR count). The molecular weight excluding hydrogens is 535 g/mol. The number of quaternary nitrogens is 1. The van der Waals surface area contributed by atoms with Crippen LogP contribution in [0.15, 0.2) is 24.3 Å². The van der Waals surface area contributed by atoms with Crippen molar-refractivity contribution < 1.29 is 38.0 Å². The zero-order valence-electron chi connectivity index (χ0n) is 17.6. The number of urea groups is 1. The highest BCUT2D eigenvalue weighted by molar-refractivity contribution is 7.17. The van der Waals surface area contributed by atoms with Gasteiger partial charge in [-0.3, -0.25) is 10.1 Å². The third kappa shape index (κ3) is 6.09. The number of halogens is 2. The molecule has 1 unspecified atom stereocenters. The van der Waals surface area contributed by atoms with Crippen LogP contribution >= 0.6 is 22.9 Å². The lowest BCUT2D eigenvalue weighted by molar-refractivity contribution is -0.929. The molecule has 0 saturated heterocycles. The number of carbonyl (C=O) groups is 2. The van der Waals surface area contributed by atoms with Crippen molar-refractivity contribution in [1.29, 1.82) is 0 Å². The van der Waals surface area contributed by atoms with Gasteiger partial charge in [0.15, 0.2) is 0 Å². The fourth-order valence-electron chi connectivity index (χ4n) is 4.14. The van der Waals surface area contributed by atoms with Gasteiger partial charge in [-0.2, -0.15) is 0 Å². The number of carbonyl (C=O) groups excluding carboxylic acids is 2. The first-order valence-electron chi connectivity index (χ1n) is 9.57. The molecule has 0 radical (unpaired) electrons. The Bertz CT molecular complexity index is 940. The Labute approximate surface area is 203 Å². The topological polar surface area (TPSA) is 84.2 Å². The number of primary amides is 1. The van der Waals surface area contributed by atoms with Crippen molar-refractivity contribution in [3.05, 3.63) is 45.3 Å². The van der Waals surface area contributed by atoms with E-state index in [1.165, 1.54) is 11.3 Å². The van der Waals surface area contributed by atoms with Crippen LogP contribution < -0.4 is 40.3 Å². The number of rotatable bonds is 4. The lowest BCUT2D eigenvalue weighted by Gasteiger charge is -2.41. The van der Waals surface area contributed by atoms with Crippen molar-refractivity contribution in [3.63, 3.8) is 0 Å². The normalized spacial score (nSPS) is 18.2. The molecule has 0 bridgehead atoms. The number of hydrogen-bond donors (Lipinski definition) is 3. The van der Waals surface area contributed by atoms with Crippen molar-refractivity contribution in [2.75, 3.05) is 30.8 Å². The monoisotopic (exact) mass is 562 g/mol. The molecule has 2 aromatic rings. The van der Waals surface area contributed by atoms with Crippen LogP contribution in [0.2, 0.25) is 5.02 Å². The van der Waals surface area contributed by atoms with Gasteiger partial charge >= 0.3 is 6.03 Å². The Kier molecular flexibility index (Phi) is 7.82. The third-order valence-corrected chi connectivity index (χ3v) is 6.33. The largest absolute Gasteiger partial charge is 1.00 e. The molecule has 6 nitrogen and oxygen atoms in total. The van der Waals surface area contributed by atoms with Gasteiger partial charge in [0, 0.05) is 22.5 Å². The standard InChI is InChI=1S/C21H27ClN4O2S.HI/c1-21(2,3)12-26(4)10-9-15-16(11-26)29-19(17(15)18(23)27)25-20(28)24-14-7-5-13(22)6-8-14;/h5-8H,9-12H2,1-4H3,(H3-,23,24,25,27,28);1H. The summed E-state index contributed by atoms with van der Waals surface area (Å²) in [4.78, 5) is 25.7. The van der Waals surface area contributed by atoms with Crippen LogP contribution in [0.4, 0.5) is 15.5 Å². The van der Waals surface area contributed by atoms with Gasteiger partial charge in [0.25, 0.3) is 5.91 Å². The first kappa shape index (κ1) is 24.9. The van der Waals surface area contributed by atoms with Gasteiger partial charge in [0.2, 0.25) is 0 Å². The summed E-state index contributed by atoms with van der Waals surface area (Å²) in [5.41, 5.74) is 7.91. The molecule has 1 aliphatic heterocycles. The number of benzene rings is 1. The molecule has 0 spiro atoms. The van der Waals surface area contributed by atoms with Crippen molar-refractivity contribution in [1.82, 2.24) is 0 Å². The second-order valence-corrected chi connectivity index (χ2v) is 10.7. The van der Waals surface area contributed by atoms with E-state index >= 15 is 0 Å². The minimum atomic E-state index is -0.504. The molecule has 1 aromatic carbocycles. The average Bonchev–Trinajstić information content (AvgIpc) is 2.91. The van der Waals surface area contributed by atoms with Gasteiger partial charge in [-0.05, 0) is 29.8 Å². The summed E-state index contributed by atoms with van der Waals surface area (Å²) in [5, 5.41) is 6.67. The summed E-state index contributed by atoms with van der Waals surface area (Å²) in [6.45, 7) is 9.53. The van der Waals surface area contributed by atoms with E-state index in [1.807, 2.05) is 0 Å². The van der Waals surface area contributed by atoms with Crippen molar-refractivity contribution >= 4 is 45.6 Å². The predicted molar refractivity (Wildman–Crippen MR) is 120 cm³/mol. The van der Waals surface area contributed by atoms with E-state index in [-0.39, 0.29) is 29.4 Å². The number of nitrogens with zero attached hydrogens (tertiary/aromatic N) is 1. The number of anilines is 2. The van der Waals surface area contributed by atoms with Crippen LogP contribution in [0.25, 0.3) is 0 Å². The molecule has 0 saturated carbocycles. The van der Waals surface area contributed by atoms with E-state index in [1.54, 1.807) is 24.3 Å². The van der Waals surface area contributed by atoms with Crippen molar-refractivity contribution in [2.45, 2.75) is 33.7 Å². The Hall–Kier alpha value is -1.36. The third-order valence-electron chi connectivity index (χ3n) is 4.95. The zero-order chi connectivity index (χ0) is 21.4. The number of thiophene rings is 1. The highest BCUT2D eigenvalue weighted by Gasteiger charge is 2.37. The fourth-order valence-corrected chi connectivity index (χ4v) is 5.68. The summed E-state index contributed by atoms with van der Waals surface area (Å²) in [6.07, 6.45) is 0.775. The molecule has 0 aliphatic carbocycles. The van der Waals surface area contributed by atoms with Gasteiger partial charge in [-0.15, -0.1) is 11.3 Å². The summed E-state index contributed by atoms with van der Waals surface area (Å²) < 4.78 is 0.908. The highest BCUT2D eigenvalue weighted by Crippen LogP contribution is 2.39. The van der Waals surface area contributed by atoms with E-state index in [9.17, 15) is 9.59 Å². The number of nitrogens with two attached hydrogens (primary N) is 1.